The van der Waals surface area contributed by atoms with Crippen LogP contribution < -0.4 is 9.64 Å². The van der Waals surface area contributed by atoms with Crippen LogP contribution in [-0.2, 0) is 0 Å². The molecule has 0 saturated carbocycles. The molecule has 2 aromatic carbocycles. The molecule has 1 N–H and O–H groups in total. The van der Waals surface area contributed by atoms with Crippen LogP contribution in [0.2, 0.25) is 5.02 Å². The highest BCUT2D eigenvalue weighted by Gasteiger charge is 2.21. The predicted octanol–water partition coefficient (Wildman–Crippen LogP) is 4.98. The lowest BCUT2D eigenvalue weighted by atomic mass is 10.1. The van der Waals surface area contributed by atoms with Gasteiger partial charge in [0.25, 0.3) is 0 Å². The maximum Gasteiger partial charge on any atom is 0.125 e. The topological polar surface area (TPSA) is 35.9 Å². The van der Waals surface area contributed by atoms with E-state index in [4.69, 9.17) is 16.3 Å². The molecule has 7 heteroatoms. The molecular weight excluding hydrogens is 443 g/mol. The lowest BCUT2D eigenvalue weighted by Crippen LogP contribution is -2.49. The Hall–Kier alpha value is -1.17. The molecule has 0 amide bonds. The Balaban J connectivity index is 0.00000225. The van der Waals surface area contributed by atoms with Crippen molar-refractivity contribution in [1.82, 2.24) is 4.90 Å². The molecule has 168 valence electrons. The molecule has 1 aliphatic heterocycles. The smallest absolute Gasteiger partial charge is 0.125 e. The van der Waals surface area contributed by atoms with E-state index >= 15 is 0 Å². The zero-order valence-corrected chi connectivity index (χ0v) is 20.5. The molecule has 3 rings (SSSR count). The molecule has 1 unspecified atom stereocenters. The van der Waals surface area contributed by atoms with Crippen molar-refractivity contribution in [3.05, 3.63) is 57.6 Å². The van der Waals surface area contributed by atoms with E-state index in [-0.39, 0.29) is 24.8 Å². The molecule has 0 aliphatic carbocycles. The molecule has 1 fully saturated rings. The summed E-state index contributed by atoms with van der Waals surface area (Å²) in [6.07, 6.45) is -0.500. The molecule has 0 bridgehead atoms. The van der Waals surface area contributed by atoms with Crippen molar-refractivity contribution in [3.8, 4) is 5.75 Å². The minimum Gasteiger partial charge on any atom is -0.490 e. The summed E-state index contributed by atoms with van der Waals surface area (Å²) >= 11 is 6.17. The standard InChI is InChI=1S/C23H31ClN2O2.2ClH/c1-16-11-18(3)23(19(4)12-16)28-15-21(27)14-25-7-9-26(10-8-25)22-13-20(24)6-5-17(22)2;;/h5-6,11-13,21,27H,7-10,14-15H2,1-4H3;2*1H. The van der Waals surface area contributed by atoms with E-state index < -0.39 is 6.10 Å². The summed E-state index contributed by atoms with van der Waals surface area (Å²) in [6, 6.07) is 10.3. The van der Waals surface area contributed by atoms with Gasteiger partial charge in [0.15, 0.2) is 0 Å². The Labute approximate surface area is 198 Å². The third-order valence-corrected chi connectivity index (χ3v) is 5.61. The second-order valence-corrected chi connectivity index (χ2v) is 8.35. The first-order valence-electron chi connectivity index (χ1n) is 9.95. The molecule has 30 heavy (non-hydrogen) atoms. The van der Waals surface area contributed by atoms with Crippen LogP contribution in [0.4, 0.5) is 5.69 Å². The first kappa shape index (κ1) is 26.9. The zero-order valence-electron chi connectivity index (χ0n) is 18.2. The van der Waals surface area contributed by atoms with E-state index in [1.165, 1.54) is 16.8 Å². The van der Waals surface area contributed by atoms with Crippen molar-refractivity contribution in [1.29, 1.82) is 0 Å². The number of anilines is 1. The first-order chi connectivity index (χ1) is 13.3. The molecule has 0 radical (unpaired) electrons. The van der Waals surface area contributed by atoms with Crippen molar-refractivity contribution in [3.63, 3.8) is 0 Å². The molecular formula is C23H33Cl3N2O2. The van der Waals surface area contributed by atoms with Crippen molar-refractivity contribution < 1.29 is 9.84 Å². The Kier molecular flexibility index (Phi) is 10.8. The van der Waals surface area contributed by atoms with Crippen LogP contribution in [0.1, 0.15) is 22.3 Å². The van der Waals surface area contributed by atoms with Crippen molar-refractivity contribution in [2.24, 2.45) is 0 Å². The molecule has 0 spiro atoms. The van der Waals surface area contributed by atoms with Gasteiger partial charge in [-0.2, -0.15) is 0 Å². The van der Waals surface area contributed by atoms with Gasteiger partial charge in [-0.1, -0.05) is 35.4 Å². The van der Waals surface area contributed by atoms with Gasteiger partial charge in [-0.05, 0) is 56.5 Å². The fourth-order valence-electron chi connectivity index (χ4n) is 4.02. The van der Waals surface area contributed by atoms with E-state index in [0.29, 0.717) is 13.2 Å². The van der Waals surface area contributed by atoms with Crippen LogP contribution in [0.15, 0.2) is 30.3 Å². The molecule has 1 atom stereocenters. The summed E-state index contributed by atoms with van der Waals surface area (Å²) in [4.78, 5) is 4.68. The molecule has 0 aromatic heterocycles. The van der Waals surface area contributed by atoms with E-state index in [2.05, 4.69) is 55.7 Å². The quantitative estimate of drug-likeness (QED) is 0.639. The molecule has 4 nitrogen and oxygen atoms in total. The number of aryl methyl sites for hydroxylation is 4. The number of halogens is 3. The highest BCUT2D eigenvalue weighted by Crippen LogP contribution is 2.26. The fourth-order valence-corrected chi connectivity index (χ4v) is 4.19. The lowest BCUT2D eigenvalue weighted by Gasteiger charge is -2.37. The van der Waals surface area contributed by atoms with Crippen LogP contribution in [0.3, 0.4) is 0 Å². The maximum absolute atomic E-state index is 10.5. The van der Waals surface area contributed by atoms with Gasteiger partial charge in [-0.15, -0.1) is 24.8 Å². The Morgan fingerprint density at radius 3 is 2.13 bits per heavy atom. The Bertz CT molecular complexity index is 801. The SMILES string of the molecule is Cc1cc(C)c(OCC(O)CN2CCN(c3cc(Cl)ccc3C)CC2)c(C)c1.Cl.Cl. The molecule has 1 heterocycles. The number of benzene rings is 2. The number of rotatable bonds is 6. The van der Waals surface area contributed by atoms with E-state index in [9.17, 15) is 5.11 Å². The minimum atomic E-state index is -0.500. The number of aliphatic hydroxyl groups is 1. The largest absolute Gasteiger partial charge is 0.490 e. The van der Waals surface area contributed by atoms with Crippen LogP contribution in [0.25, 0.3) is 0 Å². The summed E-state index contributed by atoms with van der Waals surface area (Å²) in [5, 5.41) is 11.2. The fraction of sp³-hybridized carbons (Fsp3) is 0.478. The summed E-state index contributed by atoms with van der Waals surface area (Å²) in [7, 11) is 0. The number of aliphatic hydroxyl groups excluding tert-OH is 1. The molecule has 1 aliphatic rings. The highest BCUT2D eigenvalue weighted by molar-refractivity contribution is 6.30. The number of ether oxygens (including phenoxy) is 1. The number of β-amino-alcohol motifs (C(OH)–C–C–N with tert-alkyl or cyclic N) is 1. The van der Waals surface area contributed by atoms with Crippen LogP contribution in [0.5, 0.6) is 5.75 Å². The van der Waals surface area contributed by atoms with Crippen LogP contribution in [-0.4, -0.2) is 55.4 Å². The summed E-state index contributed by atoms with van der Waals surface area (Å²) in [5.74, 6) is 0.894. The summed E-state index contributed by atoms with van der Waals surface area (Å²) in [6.45, 7) is 13.0. The Morgan fingerprint density at radius 1 is 0.933 bits per heavy atom. The highest BCUT2D eigenvalue weighted by atomic mass is 35.5. The third kappa shape index (κ3) is 6.93. The second-order valence-electron chi connectivity index (χ2n) is 7.91. The van der Waals surface area contributed by atoms with E-state index in [0.717, 1.165) is 48.1 Å². The Morgan fingerprint density at radius 2 is 1.53 bits per heavy atom. The summed E-state index contributed by atoms with van der Waals surface area (Å²) < 4.78 is 5.94. The van der Waals surface area contributed by atoms with Crippen molar-refractivity contribution >= 4 is 42.1 Å². The maximum atomic E-state index is 10.5. The number of piperazine rings is 1. The van der Waals surface area contributed by atoms with Gasteiger partial charge in [-0.25, -0.2) is 0 Å². The number of nitrogens with zero attached hydrogens (tertiary/aromatic N) is 2. The lowest BCUT2D eigenvalue weighted by molar-refractivity contribution is 0.0658. The number of hydrogen-bond donors (Lipinski definition) is 1. The third-order valence-electron chi connectivity index (χ3n) is 5.38. The first-order valence-corrected chi connectivity index (χ1v) is 10.3. The van der Waals surface area contributed by atoms with Crippen LogP contribution >= 0.6 is 36.4 Å². The average Bonchev–Trinajstić information content (AvgIpc) is 2.63. The van der Waals surface area contributed by atoms with Crippen molar-refractivity contribution in [2.45, 2.75) is 33.8 Å². The van der Waals surface area contributed by atoms with Gasteiger partial charge in [0.2, 0.25) is 0 Å². The van der Waals surface area contributed by atoms with Gasteiger partial charge in [0, 0.05) is 43.4 Å². The van der Waals surface area contributed by atoms with Gasteiger partial charge in [0.05, 0.1) is 0 Å². The monoisotopic (exact) mass is 474 g/mol. The molecule has 2 aromatic rings. The van der Waals surface area contributed by atoms with Gasteiger partial charge in [0.1, 0.15) is 18.5 Å². The minimum absolute atomic E-state index is 0. The van der Waals surface area contributed by atoms with Gasteiger partial charge < -0.3 is 14.7 Å². The average molecular weight is 476 g/mol. The van der Waals surface area contributed by atoms with Crippen molar-refractivity contribution in [2.75, 3.05) is 44.2 Å². The van der Waals surface area contributed by atoms with Gasteiger partial charge >= 0.3 is 0 Å². The number of hydrogen-bond acceptors (Lipinski definition) is 4. The zero-order chi connectivity index (χ0) is 20.3. The predicted molar refractivity (Wildman–Crippen MR) is 131 cm³/mol. The normalized spacial score (nSPS) is 15.2. The van der Waals surface area contributed by atoms with E-state index in [1.54, 1.807) is 0 Å². The molecule has 1 saturated heterocycles. The van der Waals surface area contributed by atoms with Gasteiger partial charge in [-0.3, -0.25) is 4.90 Å². The summed E-state index contributed by atoms with van der Waals surface area (Å²) in [5.41, 5.74) is 5.93. The van der Waals surface area contributed by atoms with E-state index in [1.807, 2.05) is 12.1 Å². The van der Waals surface area contributed by atoms with Crippen LogP contribution in [0, 0.1) is 27.7 Å². The second kappa shape index (κ2) is 12.0.